The normalized spacial score (nSPS) is 29.0. The summed E-state index contributed by atoms with van der Waals surface area (Å²) in [7, 11) is 0. The van der Waals surface area contributed by atoms with Crippen molar-refractivity contribution in [2.75, 3.05) is 0 Å². The minimum atomic E-state index is -0.684. The predicted molar refractivity (Wildman–Crippen MR) is 100 cm³/mol. The van der Waals surface area contributed by atoms with E-state index in [0.29, 0.717) is 11.8 Å². The molecule has 2 nitrogen and oxygen atoms in total. The van der Waals surface area contributed by atoms with Gasteiger partial charge in [0.2, 0.25) is 0 Å². The summed E-state index contributed by atoms with van der Waals surface area (Å²) in [6.07, 6.45) is 2.05. The standard InChI is InChI=1S/C21H36N2/c1-15(2)20(16(3)4)14-19(7,17-11-9-8-10-12-17)13-18(5,6)21(20,22)23/h8-12,15-16H,13-14,22-23H2,1-7H3. The zero-order valence-corrected chi connectivity index (χ0v) is 16.1. The maximum Gasteiger partial charge on any atom is 0.0752 e. The first kappa shape index (κ1) is 18.5. The van der Waals surface area contributed by atoms with Crippen LogP contribution >= 0.6 is 0 Å². The molecular formula is C21H36N2. The van der Waals surface area contributed by atoms with Crippen LogP contribution in [-0.2, 0) is 5.41 Å². The van der Waals surface area contributed by atoms with Gasteiger partial charge in [0.15, 0.2) is 0 Å². The molecule has 1 aromatic rings. The molecule has 0 aromatic heterocycles. The quantitative estimate of drug-likeness (QED) is 0.796. The van der Waals surface area contributed by atoms with E-state index in [4.69, 9.17) is 11.5 Å². The Bertz CT molecular complexity index is 534. The second-order valence-corrected chi connectivity index (χ2v) is 9.38. The van der Waals surface area contributed by atoms with Crippen molar-refractivity contribution in [1.29, 1.82) is 0 Å². The van der Waals surface area contributed by atoms with Crippen molar-refractivity contribution >= 4 is 0 Å². The van der Waals surface area contributed by atoms with Gasteiger partial charge in [-0.05, 0) is 41.1 Å². The lowest BCUT2D eigenvalue weighted by molar-refractivity contribution is -0.126. The molecule has 0 radical (unpaired) electrons. The fourth-order valence-corrected chi connectivity index (χ4v) is 5.68. The average Bonchev–Trinajstić information content (AvgIpc) is 2.43. The van der Waals surface area contributed by atoms with Crippen LogP contribution in [0.25, 0.3) is 0 Å². The highest BCUT2D eigenvalue weighted by atomic mass is 15.0. The van der Waals surface area contributed by atoms with E-state index in [1.807, 2.05) is 0 Å². The van der Waals surface area contributed by atoms with E-state index >= 15 is 0 Å². The van der Waals surface area contributed by atoms with Gasteiger partial charge in [0.25, 0.3) is 0 Å². The van der Waals surface area contributed by atoms with Gasteiger partial charge in [-0.15, -0.1) is 0 Å². The summed E-state index contributed by atoms with van der Waals surface area (Å²) in [5.41, 5.74) is 14.4. The minimum absolute atomic E-state index is 0.0979. The lowest BCUT2D eigenvalue weighted by Gasteiger charge is -2.66. The van der Waals surface area contributed by atoms with Crippen LogP contribution in [0.3, 0.4) is 0 Å². The zero-order valence-electron chi connectivity index (χ0n) is 16.1. The van der Waals surface area contributed by atoms with E-state index in [1.54, 1.807) is 0 Å². The summed E-state index contributed by atoms with van der Waals surface area (Å²) < 4.78 is 0. The molecule has 0 heterocycles. The van der Waals surface area contributed by atoms with Gasteiger partial charge in [-0.1, -0.05) is 78.8 Å². The Balaban J connectivity index is 2.66. The van der Waals surface area contributed by atoms with Gasteiger partial charge < -0.3 is 11.5 Å². The van der Waals surface area contributed by atoms with E-state index < -0.39 is 5.66 Å². The average molecular weight is 317 g/mol. The van der Waals surface area contributed by atoms with Gasteiger partial charge in [0.05, 0.1) is 5.66 Å². The Morgan fingerprint density at radius 2 is 1.30 bits per heavy atom. The van der Waals surface area contributed by atoms with E-state index in [0.717, 1.165) is 12.8 Å². The summed E-state index contributed by atoms with van der Waals surface area (Å²) in [6.45, 7) is 16.1. The maximum absolute atomic E-state index is 6.91. The molecule has 0 spiro atoms. The Morgan fingerprint density at radius 3 is 1.74 bits per heavy atom. The number of benzene rings is 1. The van der Waals surface area contributed by atoms with Crippen molar-refractivity contribution in [3.05, 3.63) is 35.9 Å². The summed E-state index contributed by atoms with van der Waals surface area (Å²) >= 11 is 0. The van der Waals surface area contributed by atoms with Gasteiger partial charge in [0.1, 0.15) is 0 Å². The third kappa shape index (κ3) is 2.55. The molecule has 1 atom stereocenters. The highest BCUT2D eigenvalue weighted by Crippen LogP contribution is 2.62. The molecule has 4 N–H and O–H groups in total. The van der Waals surface area contributed by atoms with Gasteiger partial charge in [-0.25, -0.2) is 0 Å². The molecule has 1 unspecified atom stereocenters. The van der Waals surface area contributed by atoms with Gasteiger partial charge in [-0.2, -0.15) is 0 Å². The van der Waals surface area contributed by atoms with Crippen LogP contribution in [0.4, 0.5) is 0 Å². The van der Waals surface area contributed by atoms with E-state index in [1.165, 1.54) is 5.56 Å². The third-order valence-corrected chi connectivity index (χ3v) is 6.94. The number of nitrogens with two attached hydrogens (primary N) is 2. The molecule has 1 aromatic carbocycles. The molecule has 1 saturated carbocycles. The molecule has 1 fully saturated rings. The molecule has 2 heteroatoms. The Hall–Kier alpha value is -0.860. The summed E-state index contributed by atoms with van der Waals surface area (Å²) in [6, 6.07) is 10.9. The van der Waals surface area contributed by atoms with Crippen LogP contribution in [0.15, 0.2) is 30.3 Å². The molecule has 130 valence electrons. The first-order valence-corrected chi connectivity index (χ1v) is 9.04. The lowest BCUT2D eigenvalue weighted by Crippen LogP contribution is -2.77. The van der Waals surface area contributed by atoms with E-state index in [-0.39, 0.29) is 16.2 Å². The molecule has 0 saturated heterocycles. The monoisotopic (exact) mass is 316 g/mol. The van der Waals surface area contributed by atoms with Crippen molar-refractivity contribution < 1.29 is 0 Å². The first-order chi connectivity index (χ1) is 10.4. The zero-order chi connectivity index (χ0) is 17.7. The predicted octanol–water partition coefficient (Wildman–Crippen LogP) is 4.68. The van der Waals surface area contributed by atoms with Crippen LogP contribution in [0.1, 0.15) is 66.9 Å². The van der Waals surface area contributed by atoms with E-state index in [9.17, 15) is 0 Å². The molecule has 1 aliphatic carbocycles. The van der Waals surface area contributed by atoms with Crippen molar-refractivity contribution in [3.63, 3.8) is 0 Å². The van der Waals surface area contributed by atoms with E-state index in [2.05, 4.69) is 78.8 Å². The largest absolute Gasteiger partial charge is 0.313 e. The molecule has 1 aliphatic rings. The number of rotatable bonds is 3. The van der Waals surface area contributed by atoms with Gasteiger partial charge >= 0.3 is 0 Å². The fourth-order valence-electron chi connectivity index (χ4n) is 5.68. The smallest absolute Gasteiger partial charge is 0.0752 e. The number of hydrogen-bond acceptors (Lipinski definition) is 2. The SMILES string of the molecule is CC(C)C1(C(C)C)CC(C)(c2ccccc2)CC(C)(C)C1(N)N. The van der Waals surface area contributed by atoms with Crippen LogP contribution in [0, 0.1) is 22.7 Å². The summed E-state index contributed by atoms with van der Waals surface area (Å²) in [5.74, 6) is 0.861. The minimum Gasteiger partial charge on any atom is -0.313 e. The van der Waals surface area contributed by atoms with Gasteiger partial charge in [0, 0.05) is 5.41 Å². The van der Waals surface area contributed by atoms with Crippen molar-refractivity contribution in [2.45, 2.75) is 72.4 Å². The van der Waals surface area contributed by atoms with Crippen LogP contribution < -0.4 is 11.5 Å². The Morgan fingerprint density at radius 1 is 0.826 bits per heavy atom. The number of hydrogen-bond donors (Lipinski definition) is 2. The molecule has 0 bridgehead atoms. The molecule has 0 amide bonds. The summed E-state index contributed by atoms with van der Waals surface area (Å²) in [4.78, 5) is 0. The highest BCUT2D eigenvalue weighted by molar-refractivity contribution is 5.30. The Kier molecular flexibility index (Phi) is 4.50. The van der Waals surface area contributed by atoms with Crippen LogP contribution in [0.5, 0.6) is 0 Å². The maximum atomic E-state index is 6.91. The fraction of sp³-hybridized carbons (Fsp3) is 0.714. The summed E-state index contributed by atoms with van der Waals surface area (Å²) in [5, 5.41) is 0. The lowest BCUT2D eigenvalue weighted by atomic mass is 9.42. The molecule has 2 rings (SSSR count). The van der Waals surface area contributed by atoms with Crippen LogP contribution in [-0.4, -0.2) is 5.66 Å². The Labute approximate surface area is 143 Å². The molecular weight excluding hydrogens is 280 g/mol. The van der Waals surface area contributed by atoms with Crippen molar-refractivity contribution in [2.24, 2.45) is 34.1 Å². The van der Waals surface area contributed by atoms with Crippen molar-refractivity contribution in [1.82, 2.24) is 0 Å². The topological polar surface area (TPSA) is 52.0 Å². The second-order valence-electron chi connectivity index (χ2n) is 9.38. The highest BCUT2D eigenvalue weighted by Gasteiger charge is 2.64. The van der Waals surface area contributed by atoms with Gasteiger partial charge in [-0.3, -0.25) is 0 Å². The van der Waals surface area contributed by atoms with Crippen molar-refractivity contribution in [3.8, 4) is 0 Å². The second kappa shape index (κ2) is 5.60. The molecule has 0 aliphatic heterocycles. The third-order valence-electron chi connectivity index (χ3n) is 6.94. The first-order valence-electron chi connectivity index (χ1n) is 9.04. The molecule has 23 heavy (non-hydrogen) atoms. The van der Waals surface area contributed by atoms with Crippen LogP contribution in [0.2, 0.25) is 0 Å².